The third-order valence-corrected chi connectivity index (χ3v) is 5.12. The molecule has 164 valence electrons. The van der Waals surface area contributed by atoms with E-state index in [-0.39, 0.29) is 27.1 Å². The summed E-state index contributed by atoms with van der Waals surface area (Å²) in [4.78, 5) is 33.1. The Labute approximate surface area is 199 Å². The minimum atomic E-state index is -0.692. The van der Waals surface area contributed by atoms with Gasteiger partial charge in [-0.15, -0.1) is 0 Å². The molecular formula is C23H17Cl3N2O4. The van der Waals surface area contributed by atoms with Gasteiger partial charge in [0.05, 0.1) is 27.2 Å². The second kappa shape index (κ2) is 10.6. The minimum Gasteiger partial charge on any atom is -0.422 e. The molecule has 1 aromatic heterocycles. The Morgan fingerprint density at radius 1 is 1.06 bits per heavy atom. The van der Waals surface area contributed by atoms with Crippen molar-refractivity contribution in [2.45, 2.75) is 13.8 Å². The molecule has 0 aliphatic carbocycles. The van der Waals surface area contributed by atoms with Crippen LogP contribution in [0, 0.1) is 5.92 Å². The maximum Gasteiger partial charge on any atom is 0.345 e. The molecule has 32 heavy (non-hydrogen) atoms. The predicted molar refractivity (Wildman–Crippen MR) is 125 cm³/mol. The number of hydrogen-bond donors (Lipinski definition) is 0. The summed E-state index contributed by atoms with van der Waals surface area (Å²) < 4.78 is 11.0. The molecule has 0 N–H and O–H groups in total. The Balaban J connectivity index is 2.05. The highest BCUT2D eigenvalue weighted by Crippen LogP contribution is 2.37. The number of rotatable bonds is 6. The van der Waals surface area contributed by atoms with Gasteiger partial charge in [-0.2, -0.15) is 0 Å². The average molecular weight is 492 g/mol. The Hall–Kier alpha value is -2.93. The lowest BCUT2D eigenvalue weighted by Crippen LogP contribution is -2.17. The Morgan fingerprint density at radius 2 is 1.84 bits per heavy atom. The topological polar surface area (TPSA) is 77.9 Å². The number of nitrogens with zero attached hydrogens (tertiary/aromatic N) is 2. The van der Waals surface area contributed by atoms with E-state index in [9.17, 15) is 9.59 Å². The third-order valence-electron chi connectivity index (χ3n) is 4.10. The predicted octanol–water partition coefficient (Wildman–Crippen LogP) is 6.57. The molecule has 0 unspecified atom stereocenters. The summed E-state index contributed by atoms with van der Waals surface area (Å²) in [5.41, 5.74) is 0.917. The number of aliphatic imine (C=N–C) groups is 1. The van der Waals surface area contributed by atoms with Crippen LogP contribution in [-0.4, -0.2) is 23.1 Å². The number of carbonyl (C=O) groups excluding carboxylic acids is 2. The number of aromatic nitrogens is 1. The van der Waals surface area contributed by atoms with Crippen LogP contribution in [0.3, 0.4) is 0 Å². The van der Waals surface area contributed by atoms with Crippen LogP contribution in [-0.2, 0) is 4.79 Å². The lowest BCUT2D eigenvalue weighted by molar-refractivity contribution is -0.137. The first-order valence-corrected chi connectivity index (χ1v) is 10.5. The summed E-state index contributed by atoms with van der Waals surface area (Å²) in [6, 6.07) is 11.0. The summed E-state index contributed by atoms with van der Waals surface area (Å²) in [5.74, 6) is -1.70. The molecule has 0 saturated carbocycles. The van der Waals surface area contributed by atoms with Gasteiger partial charge in [0, 0.05) is 35.3 Å². The molecule has 2 aromatic carbocycles. The van der Waals surface area contributed by atoms with Gasteiger partial charge in [-0.3, -0.25) is 14.8 Å². The van der Waals surface area contributed by atoms with Crippen molar-refractivity contribution in [2.75, 3.05) is 0 Å². The van der Waals surface area contributed by atoms with Gasteiger partial charge < -0.3 is 9.47 Å². The molecule has 0 fully saturated rings. The maximum absolute atomic E-state index is 12.6. The molecule has 0 radical (unpaired) electrons. The summed E-state index contributed by atoms with van der Waals surface area (Å²) in [7, 11) is 0. The molecule has 0 spiro atoms. The Bertz CT molecular complexity index is 1180. The first kappa shape index (κ1) is 23.7. The summed E-state index contributed by atoms with van der Waals surface area (Å²) in [6.45, 7) is 3.36. The van der Waals surface area contributed by atoms with Crippen LogP contribution in [0.5, 0.6) is 11.5 Å². The van der Waals surface area contributed by atoms with Crippen molar-refractivity contribution in [2.24, 2.45) is 10.9 Å². The second-order valence-corrected chi connectivity index (χ2v) is 8.08. The van der Waals surface area contributed by atoms with Gasteiger partial charge in [-0.1, -0.05) is 54.7 Å². The van der Waals surface area contributed by atoms with Gasteiger partial charge in [0.2, 0.25) is 0 Å². The average Bonchev–Trinajstić information content (AvgIpc) is 2.77. The molecule has 1 heterocycles. The van der Waals surface area contributed by atoms with Gasteiger partial charge >= 0.3 is 11.9 Å². The minimum absolute atomic E-state index is 0.00718. The molecule has 0 amide bonds. The molecule has 9 heteroatoms. The van der Waals surface area contributed by atoms with Crippen molar-refractivity contribution in [3.8, 4) is 11.5 Å². The first-order chi connectivity index (χ1) is 15.3. The lowest BCUT2D eigenvalue weighted by Gasteiger charge is -2.15. The first-order valence-electron chi connectivity index (χ1n) is 9.41. The van der Waals surface area contributed by atoms with E-state index >= 15 is 0 Å². The molecule has 0 aliphatic rings. The molecule has 3 rings (SSSR count). The van der Waals surface area contributed by atoms with E-state index in [0.717, 1.165) is 0 Å². The normalized spacial score (nSPS) is 11.1. The molecule has 0 bridgehead atoms. The van der Waals surface area contributed by atoms with Crippen molar-refractivity contribution in [1.29, 1.82) is 0 Å². The summed E-state index contributed by atoms with van der Waals surface area (Å²) >= 11 is 18.5. The maximum atomic E-state index is 12.6. The summed E-state index contributed by atoms with van der Waals surface area (Å²) in [6.07, 6.45) is 4.28. The van der Waals surface area contributed by atoms with Crippen LogP contribution < -0.4 is 9.47 Å². The fourth-order valence-corrected chi connectivity index (χ4v) is 3.02. The Morgan fingerprint density at radius 3 is 2.53 bits per heavy atom. The van der Waals surface area contributed by atoms with E-state index in [4.69, 9.17) is 44.3 Å². The summed E-state index contributed by atoms with van der Waals surface area (Å²) in [5, 5.41) is 0.836. The SMILES string of the molecule is CC(C)C(=O)Oc1c(C=Nc2cccc(Cl)c2Cl)cc(Cl)cc1OC(=O)c1cccnc1. The molecule has 0 atom stereocenters. The monoisotopic (exact) mass is 490 g/mol. The zero-order chi connectivity index (χ0) is 23.3. The zero-order valence-electron chi connectivity index (χ0n) is 17.0. The highest BCUT2D eigenvalue weighted by molar-refractivity contribution is 6.43. The number of pyridine rings is 1. The number of carbonyl (C=O) groups is 2. The van der Waals surface area contributed by atoms with Crippen molar-refractivity contribution >= 4 is 58.6 Å². The lowest BCUT2D eigenvalue weighted by atomic mass is 10.1. The van der Waals surface area contributed by atoms with Crippen LogP contribution in [0.25, 0.3) is 0 Å². The van der Waals surface area contributed by atoms with Crippen LogP contribution in [0.15, 0.2) is 59.9 Å². The van der Waals surface area contributed by atoms with Gasteiger partial charge in [0.1, 0.15) is 0 Å². The fourth-order valence-electron chi connectivity index (χ4n) is 2.46. The van der Waals surface area contributed by atoms with Crippen molar-refractivity contribution < 1.29 is 19.1 Å². The fraction of sp³-hybridized carbons (Fsp3) is 0.130. The number of halogens is 3. The molecule has 0 saturated heterocycles. The van der Waals surface area contributed by atoms with Crippen molar-refractivity contribution in [3.63, 3.8) is 0 Å². The van der Waals surface area contributed by atoms with Crippen LogP contribution in [0.2, 0.25) is 15.1 Å². The smallest absolute Gasteiger partial charge is 0.345 e. The molecule has 3 aromatic rings. The van der Waals surface area contributed by atoms with Crippen LogP contribution in [0.4, 0.5) is 5.69 Å². The number of esters is 2. The van der Waals surface area contributed by atoms with Gasteiger partial charge in [-0.25, -0.2) is 4.79 Å². The van der Waals surface area contributed by atoms with Crippen LogP contribution >= 0.6 is 34.8 Å². The van der Waals surface area contributed by atoms with Crippen molar-refractivity contribution in [3.05, 3.63) is 81.1 Å². The standard InChI is InChI=1S/C23H17Cl3N2O4/c1-13(2)22(29)32-21-15(12-28-18-7-3-6-17(25)20(18)26)9-16(24)10-19(21)31-23(30)14-5-4-8-27-11-14/h3-13H,1-2H3. The molecule has 6 nitrogen and oxygen atoms in total. The zero-order valence-corrected chi connectivity index (χ0v) is 19.3. The number of benzene rings is 2. The van der Waals surface area contributed by atoms with E-state index in [1.165, 1.54) is 30.7 Å². The van der Waals surface area contributed by atoms with E-state index in [0.29, 0.717) is 16.3 Å². The number of hydrogen-bond acceptors (Lipinski definition) is 6. The van der Waals surface area contributed by atoms with Gasteiger partial charge in [0.25, 0.3) is 0 Å². The number of ether oxygens (including phenoxy) is 2. The van der Waals surface area contributed by atoms with Crippen molar-refractivity contribution in [1.82, 2.24) is 4.98 Å². The van der Waals surface area contributed by atoms with E-state index in [1.54, 1.807) is 44.2 Å². The Kier molecular flexibility index (Phi) is 7.85. The highest BCUT2D eigenvalue weighted by Gasteiger charge is 2.21. The van der Waals surface area contributed by atoms with Gasteiger partial charge in [-0.05, 0) is 30.3 Å². The van der Waals surface area contributed by atoms with Gasteiger partial charge in [0.15, 0.2) is 11.5 Å². The van der Waals surface area contributed by atoms with E-state index in [2.05, 4.69) is 9.98 Å². The molecular weight excluding hydrogens is 475 g/mol. The van der Waals surface area contributed by atoms with E-state index < -0.39 is 17.9 Å². The third kappa shape index (κ3) is 5.85. The highest BCUT2D eigenvalue weighted by atomic mass is 35.5. The quantitative estimate of drug-likeness (QED) is 0.221. The molecule has 0 aliphatic heterocycles. The van der Waals surface area contributed by atoms with E-state index in [1.807, 2.05) is 0 Å². The second-order valence-electron chi connectivity index (χ2n) is 6.86. The largest absolute Gasteiger partial charge is 0.422 e. The van der Waals surface area contributed by atoms with Crippen LogP contribution in [0.1, 0.15) is 29.8 Å².